The summed E-state index contributed by atoms with van der Waals surface area (Å²) in [6, 6.07) is 6.86. The second-order valence-electron chi connectivity index (χ2n) is 4.99. The summed E-state index contributed by atoms with van der Waals surface area (Å²) in [6.07, 6.45) is 4.47. The summed E-state index contributed by atoms with van der Waals surface area (Å²) >= 11 is 0. The normalized spacial score (nSPS) is 23.0. The molecule has 0 spiro atoms. The van der Waals surface area contributed by atoms with E-state index in [4.69, 9.17) is 10.00 Å². The minimum Gasteiger partial charge on any atom is -0.373 e. The molecular weight excluding hydrogens is 243 g/mol. The molecule has 1 saturated carbocycles. The van der Waals surface area contributed by atoms with Gasteiger partial charge in [0, 0.05) is 6.04 Å². The Hall–Kier alpha value is -1.44. The Morgan fingerprint density at radius 3 is 2.74 bits per heavy atom. The van der Waals surface area contributed by atoms with E-state index < -0.39 is 0 Å². The van der Waals surface area contributed by atoms with Crippen LogP contribution in [0.1, 0.15) is 36.8 Å². The van der Waals surface area contributed by atoms with Crippen LogP contribution in [0.25, 0.3) is 0 Å². The fourth-order valence-electron chi connectivity index (χ4n) is 2.52. The van der Waals surface area contributed by atoms with Gasteiger partial charge in [0.2, 0.25) is 0 Å². The van der Waals surface area contributed by atoms with Crippen molar-refractivity contribution < 1.29 is 9.13 Å². The molecule has 0 amide bonds. The second-order valence-corrected chi connectivity index (χ2v) is 4.99. The van der Waals surface area contributed by atoms with Gasteiger partial charge in [-0.3, -0.25) is 0 Å². The lowest BCUT2D eigenvalue weighted by molar-refractivity contribution is 0.0116. The van der Waals surface area contributed by atoms with E-state index in [1.54, 1.807) is 0 Å². The monoisotopic (exact) mass is 262 g/mol. The smallest absolute Gasteiger partial charge is 0.123 e. The van der Waals surface area contributed by atoms with Crippen molar-refractivity contribution in [2.45, 2.75) is 44.4 Å². The topological polar surface area (TPSA) is 45.0 Å². The first kappa shape index (κ1) is 14.0. The fourth-order valence-corrected chi connectivity index (χ4v) is 2.52. The molecule has 3 nitrogen and oxygen atoms in total. The molecule has 102 valence electrons. The van der Waals surface area contributed by atoms with Gasteiger partial charge in [-0.1, -0.05) is 0 Å². The molecule has 0 aromatic heterocycles. The van der Waals surface area contributed by atoms with Gasteiger partial charge in [-0.2, -0.15) is 5.26 Å². The van der Waals surface area contributed by atoms with Crippen molar-refractivity contribution in [1.29, 1.82) is 5.26 Å². The van der Waals surface area contributed by atoms with Crippen LogP contribution in [0.2, 0.25) is 0 Å². The van der Waals surface area contributed by atoms with Crippen molar-refractivity contribution in [3.05, 3.63) is 35.1 Å². The zero-order valence-corrected chi connectivity index (χ0v) is 11.2. The molecule has 1 aromatic carbocycles. The second kappa shape index (κ2) is 6.65. The minimum absolute atomic E-state index is 0.222. The molecule has 0 unspecified atom stereocenters. The number of halogens is 1. The number of nitrogens with one attached hydrogen (secondary N) is 1. The minimum atomic E-state index is -0.323. The summed E-state index contributed by atoms with van der Waals surface area (Å²) in [5.74, 6) is -0.323. The molecule has 1 N–H and O–H groups in total. The Kier molecular flexibility index (Phi) is 4.89. The van der Waals surface area contributed by atoms with Crippen LogP contribution in [0.15, 0.2) is 18.2 Å². The Bertz CT molecular complexity index is 462. The molecule has 0 aliphatic heterocycles. The molecule has 1 aliphatic rings. The van der Waals surface area contributed by atoms with Gasteiger partial charge >= 0.3 is 0 Å². The molecule has 0 saturated heterocycles. The molecule has 1 aliphatic carbocycles. The van der Waals surface area contributed by atoms with Gasteiger partial charge in [0.15, 0.2) is 0 Å². The third-order valence-corrected chi connectivity index (χ3v) is 3.74. The maximum atomic E-state index is 13.2. The quantitative estimate of drug-likeness (QED) is 0.907. The summed E-state index contributed by atoms with van der Waals surface area (Å²) in [5.41, 5.74) is 1.13. The van der Waals surface area contributed by atoms with Crippen LogP contribution in [0.5, 0.6) is 0 Å². The van der Waals surface area contributed by atoms with Crippen molar-refractivity contribution in [1.82, 2.24) is 5.32 Å². The van der Waals surface area contributed by atoms with Crippen LogP contribution < -0.4 is 5.32 Å². The van der Waals surface area contributed by atoms with Crippen LogP contribution >= 0.6 is 0 Å². The van der Waals surface area contributed by atoms with Gasteiger partial charge in [0.1, 0.15) is 5.82 Å². The molecule has 19 heavy (non-hydrogen) atoms. The van der Waals surface area contributed by atoms with Crippen LogP contribution in [0, 0.1) is 17.1 Å². The fraction of sp³-hybridized carbons (Fsp3) is 0.533. The van der Waals surface area contributed by atoms with E-state index in [-0.39, 0.29) is 11.9 Å². The summed E-state index contributed by atoms with van der Waals surface area (Å²) in [4.78, 5) is 0. The first-order valence-corrected chi connectivity index (χ1v) is 6.70. The third-order valence-electron chi connectivity index (χ3n) is 3.74. The van der Waals surface area contributed by atoms with Gasteiger partial charge in [-0.15, -0.1) is 0 Å². The SMILES string of the molecule is CNC1CCC(OCc2cc(F)ccc2C#N)CC1. The number of hydrogen-bond donors (Lipinski definition) is 1. The lowest BCUT2D eigenvalue weighted by atomic mass is 9.93. The van der Waals surface area contributed by atoms with Crippen LogP contribution in [-0.2, 0) is 11.3 Å². The summed E-state index contributed by atoms with van der Waals surface area (Å²) < 4.78 is 19.0. The molecule has 1 fully saturated rings. The van der Waals surface area contributed by atoms with Gasteiger partial charge in [-0.25, -0.2) is 4.39 Å². The van der Waals surface area contributed by atoms with Crippen LogP contribution in [0.3, 0.4) is 0 Å². The predicted octanol–water partition coefficient (Wildman–Crippen LogP) is 2.74. The highest BCUT2D eigenvalue weighted by Gasteiger charge is 2.20. The molecule has 0 radical (unpaired) electrons. The number of rotatable bonds is 4. The predicted molar refractivity (Wildman–Crippen MR) is 71.0 cm³/mol. The highest BCUT2D eigenvalue weighted by molar-refractivity contribution is 5.37. The Morgan fingerprint density at radius 2 is 2.11 bits per heavy atom. The first-order chi connectivity index (χ1) is 9.22. The number of nitrogens with zero attached hydrogens (tertiary/aromatic N) is 1. The van der Waals surface area contributed by atoms with Gasteiger partial charge < -0.3 is 10.1 Å². The van der Waals surface area contributed by atoms with E-state index in [2.05, 4.69) is 11.4 Å². The first-order valence-electron chi connectivity index (χ1n) is 6.70. The Morgan fingerprint density at radius 1 is 1.37 bits per heavy atom. The summed E-state index contributed by atoms with van der Waals surface area (Å²) in [7, 11) is 1.98. The van der Waals surface area contributed by atoms with Crippen LogP contribution in [-0.4, -0.2) is 19.2 Å². The van der Waals surface area contributed by atoms with E-state index >= 15 is 0 Å². The van der Waals surface area contributed by atoms with Crippen LogP contribution in [0.4, 0.5) is 4.39 Å². The highest BCUT2D eigenvalue weighted by Crippen LogP contribution is 2.22. The van der Waals surface area contributed by atoms with E-state index in [1.807, 2.05) is 7.05 Å². The zero-order valence-electron chi connectivity index (χ0n) is 11.2. The Labute approximate surface area is 113 Å². The van der Waals surface area contributed by atoms with Gasteiger partial charge in [0.25, 0.3) is 0 Å². The average Bonchev–Trinajstić information content (AvgIpc) is 2.46. The van der Waals surface area contributed by atoms with E-state index in [1.165, 1.54) is 18.2 Å². The van der Waals surface area contributed by atoms with Gasteiger partial charge in [-0.05, 0) is 56.5 Å². The Balaban J connectivity index is 1.89. The standard InChI is InChI=1S/C15H19FN2O/c1-18-14-4-6-15(7-5-14)19-10-12-8-13(16)3-2-11(12)9-17/h2-3,8,14-15,18H,4-7,10H2,1H3. The molecule has 1 aromatic rings. The molecule has 4 heteroatoms. The summed E-state index contributed by atoms with van der Waals surface area (Å²) in [5, 5.41) is 12.3. The third kappa shape index (κ3) is 3.76. The van der Waals surface area contributed by atoms with E-state index in [9.17, 15) is 4.39 Å². The van der Waals surface area contributed by atoms with Crippen molar-refractivity contribution in [3.63, 3.8) is 0 Å². The number of ether oxygens (including phenoxy) is 1. The van der Waals surface area contributed by atoms with E-state index in [0.717, 1.165) is 25.7 Å². The molecule has 0 bridgehead atoms. The maximum absolute atomic E-state index is 13.2. The van der Waals surface area contributed by atoms with E-state index in [0.29, 0.717) is 23.8 Å². The summed E-state index contributed by atoms with van der Waals surface area (Å²) in [6.45, 7) is 0.315. The lowest BCUT2D eigenvalue weighted by Gasteiger charge is -2.28. The van der Waals surface area contributed by atoms with Crippen molar-refractivity contribution in [3.8, 4) is 6.07 Å². The zero-order chi connectivity index (χ0) is 13.7. The number of nitriles is 1. The van der Waals surface area contributed by atoms with Gasteiger partial charge in [0.05, 0.1) is 24.3 Å². The van der Waals surface area contributed by atoms with Crippen molar-refractivity contribution in [2.24, 2.45) is 0 Å². The largest absolute Gasteiger partial charge is 0.373 e. The molecule has 0 atom stereocenters. The molecule has 0 heterocycles. The lowest BCUT2D eigenvalue weighted by Crippen LogP contribution is -2.32. The van der Waals surface area contributed by atoms with Crippen molar-refractivity contribution >= 4 is 0 Å². The maximum Gasteiger partial charge on any atom is 0.123 e. The number of benzene rings is 1. The molecule has 2 rings (SSSR count). The van der Waals surface area contributed by atoms with Crippen molar-refractivity contribution in [2.75, 3.05) is 7.05 Å². The highest BCUT2D eigenvalue weighted by atomic mass is 19.1. The number of hydrogen-bond acceptors (Lipinski definition) is 3. The average molecular weight is 262 g/mol. The molecular formula is C15H19FN2O.